The van der Waals surface area contributed by atoms with Crippen molar-refractivity contribution in [3.63, 3.8) is 0 Å². The van der Waals surface area contributed by atoms with Gasteiger partial charge in [-0.05, 0) is 55.2 Å². The maximum Gasteiger partial charge on any atom is 0.255 e. The van der Waals surface area contributed by atoms with Gasteiger partial charge in [-0.1, -0.05) is 30.3 Å². The molecule has 1 aliphatic rings. The molecule has 1 fully saturated rings. The molecular formula is C27H26FN5O2. The fourth-order valence-corrected chi connectivity index (χ4v) is 4.09. The number of aromatic nitrogens is 1. The fourth-order valence-electron chi connectivity index (χ4n) is 4.09. The zero-order chi connectivity index (χ0) is 24.6. The molecule has 8 heteroatoms. The van der Waals surface area contributed by atoms with E-state index in [2.05, 4.69) is 27.0 Å². The topological polar surface area (TPSA) is 107 Å². The van der Waals surface area contributed by atoms with Gasteiger partial charge >= 0.3 is 0 Å². The van der Waals surface area contributed by atoms with Gasteiger partial charge in [-0.2, -0.15) is 5.26 Å². The normalized spacial score (nSPS) is 15.1. The number of piperidine rings is 1. The number of nitrogens with zero attached hydrogens (tertiary/aromatic N) is 2. The van der Waals surface area contributed by atoms with E-state index in [1.54, 1.807) is 30.3 Å². The van der Waals surface area contributed by atoms with E-state index in [1.165, 1.54) is 12.1 Å². The summed E-state index contributed by atoms with van der Waals surface area (Å²) in [6, 6.07) is 19.0. The maximum absolute atomic E-state index is 13.5. The Bertz CT molecular complexity index is 1270. The lowest BCUT2D eigenvalue weighted by Gasteiger charge is -2.23. The van der Waals surface area contributed by atoms with Crippen LogP contribution in [0.4, 0.5) is 10.2 Å². The number of nitrogens with one attached hydrogen (secondary N) is 3. The molecule has 0 aliphatic carbocycles. The SMILES string of the molecule is N#Cc1ccccc1-c1ccc(C(=O)NCC2CCCC(=O)N2)c(NCCc2cccc(F)c2)n1. The van der Waals surface area contributed by atoms with Crippen LogP contribution >= 0.6 is 0 Å². The zero-order valence-corrected chi connectivity index (χ0v) is 19.2. The Hall–Kier alpha value is -4.25. The van der Waals surface area contributed by atoms with Gasteiger partial charge in [-0.25, -0.2) is 9.37 Å². The van der Waals surface area contributed by atoms with Gasteiger partial charge < -0.3 is 16.0 Å². The molecule has 2 amide bonds. The molecule has 0 spiro atoms. The largest absolute Gasteiger partial charge is 0.369 e. The van der Waals surface area contributed by atoms with Crippen LogP contribution in [0.5, 0.6) is 0 Å². The number of hydrogen-bond donors (Lipinski definition) is 3. The summed E-state index contributed by atoms with van der Waals surface area (Å²) in [5.74, 6) is -0.245. The van der Waals surface area contributed by atoms with Crippen LogP contribution < -0.4 is 16.0 Å². The molecule has 2 heterocycles. The van der Waals surface area contributed by atoms with Crippen molar-refractivity contribution in [2.45, 2.75) is 31.7 Å². The van der Waals surface area contributed by atoms with Gasteiger partial charge in [0, 0.05) is 31.1 Å². The van der Waals surface area contributed by atoms with Crippen LogP contribution in [0.1, 0.15) is 40.7 Å². The number of carbonyl (C=O) groups excluding carboxylic acids is 2. The van der Waals surface area contributed by atoms with E-state index in [1.807, 2.05) is 18.2 Å². The molecule has 1 aliphatic heterocycles. The summed E-state index contributed by atoms with van der Waals surface area (Å²) in [7, 11) is 0. The van der Waals surface area contributed by atoms with Crippen molar-refractivity contribution >= 4 is 17.6 Å². The van der Waals surface area contributed by atoms with Crippen LogP contribution in [0.15, 0.2) is 60.7 Å². The third-order valence-corrected chi connectivity index (χ3v) is 5.89. The number of amides is 2. The molecule has 1 atom stereocenters. The van der Waals surface area contributed by atoms with Crippen LogP contribution in [0.25, 0.3) is 11.3 Å². The average Bonchev–Trinajstić information content (AvgIpc) is 2.87. The van der Waals surface area contributed by atoms with Crippen LogP contribution in [0.2, 0.25) is 0 Å². The minimum Gasteiger partial charge on any atom is -0.369 e. The van der Waals surface area contributed by atoms with Gasteiger partial charge in [-0.3, -0.25) is 9.59 Å². The zero-order valence-electron chi connectivity index (χ0n) is 19.2. The van der Waals surface area contributed by atoms with Gasteiger partial charge in [-0.15, -0.1) is 0 Å². The third kappa shape index (κ3) is 6.21. The Morgan fingerprint density at radius 1 is 1.17 bits per heavy atom. The summed E-state index contributed by atoms with van der Waals surface area (Å²) in [6.07, 6.45) is 2.66. The first-order valence-electron chi connectivity index (χ1n) is 11.6. The summed E-state index contributed by atoms with van der Waals surface area (Å²) in [5, 5.41) is 18.5. The average molecular weight is 472 g/mol. The van der Waals surface area contributed by atoms with Crippen LogP contribution in [-0.2, 0) is 11.2 Å². The minimum absolute atomic E-state index is 0.00242. The molecule has 3 aromatic rings. The quantitative estimate of drug-likeness (QED) is 0.463. The summed E-state index contributed by atoms with van der Waals surface area (Å²) in [4.78, 5) is 29.3. The van der Waals surface area contributed by atoms with Crippen molar-refractivity contribution in [1.29, 1.82) is 5.26 Å². The van der Waals surface area contributed by atoms with Crippen molar-refractivity contribution in [2.75, 3.05) is 18.4 Å². The number of carbonyl (C=O) groups is 2. The smallest absolute Gasteiger partial charge is 0.255 e. The highest BCUT2D eigenvalue weighted by molar-refractivity contribution is 5.99. The van der Waals surface area contributed by atoms with Crippen molar-refractivity contribution in [1.82, 2.24) is 15.6 Å². The summed E-state index contributed by atoms with van der Waals surface area (Å²) >= 11 is 0. The van der Waals surface area contributed by atoms with Crippen LogP contribution in [0.3, 0.4) is 0 Å². The van der Waals surface area contributed by atoms with E-state index in [9.17, 15) is 19.2 Å². The minimum atomic E-state index is -0.314. The number of nitriles is 1. The second-order valence-corrected chi connectivity index (χ2v) is 8.42. The van der Waals surface area contributed by atoms with Gasteiger partial charge in [0.1, 0.15) is 11.6 Å². The standard InChI is InChI=1S/C27H26FN5O2/c28-20-7-3-5-18(15-20)13-14-30-26-23(27(35)31-17-21-8-4-10-25(34)32-21)11-12-24(33-26)22-9-2-1-6-19(22)16-29/h1-3,5-7,9,11-12,15,21H,4,8,10,13-14,17H2,(H,30,33)(H,31,35)(H,32,34). The van der Waals surface area contributed by atoms with Crippen molar-refractivity contribution in [3.05, 3.63) is 83.2 Å². The number of halogens is 1. The first-order valence-corrected chi connectivity index (χ1v) is 11.6. The van der Waals surface area contributed by atoms with E-state index in [4.69, 9.17) is 0 Å². The first-order chi connectivity index (χ1) is 17.0. The molecule has 3 N–H and O–H groups in total. The van der Waals surface area contributed by atoms with E-state index >= 15 is 0 Å². The van der Waals surface area contributed by atoms with E-state index in [0.717, 1.165) is 18.4 Å². The fraction of sp³-hybridized carbons (Fsp3) is 0.259. The second kappa shape index (κ2) is 11.3. The number of anilines is 1. The molecule has 2 aromatic carbocycles. The highest BCUT2D eigenvalue weighted by atomic mass is 19.1. The molecule has 1 aromatic heterocycles. The van der Waals surface area contributed by atoms with Crippen molar-refractivity contribution < 1.29 is 14.0 Å². The van der Waals surface area contributed by atoms with Crippen molar-refractivity contribution in [3.8, 4) is 17.3 Å². The Labute approximate surface area is 203 Å². The monoisotopic (exact) mass is 471 g/mol. The lowest BCUT2D eigenvalue weighted by molar-refractivity contribution is -0.123. The highest BCUT2D eigenvalue weighted by Gasteiger charge is 2.20. The highest BCUT2D eigenvalue weighted by Crippen LogP contribution is 2.25. The molecule has 0 bridgehead atoms. The molecular weight excluding hydrogens is 445 g/mol. The van der Waals surface area contributed by atoms with Crippen LogP contribution in [0, 0.1) is 17.1 Å². The summed E-state index contributed by atoms with van der Waals surface area (Å²) in [5.41, 5.74) is 2.88. The Balaban J connectivity index is 1.54. The molecule has 0 radical (unpaired) electrons. The van der Waals surface area contributed by atoms with Gasteiger partial charge in [0.25, 0.3) is 5.91 Å². The molecule has 0 saturated carbocycles. The summed E-state index contributed by atoms with van der Waals surface area (Å²) in [6.45, 7) is 0.755. The molecule has 1 saturated heterocycles. The first kappa shape index (κ1) is 23.9. The van der Waals surface area contributed by atoms with Gasteiger partial charge in [0.2, 0.25) is 5.91 Å². The predicted octanol–water partition coefficient (Wildman–Crippen LogP) is 3.81. The number of rotatable bonds is 8. The number of pyridine rings is 1. The Kier molecular flexibility index (Phi) is 7.68. The molecule has 4 rings (SSSR count). The molecule has 7 nitrogen and oxygen atoms in total. The third-order valence-electron chi connectivity index (χ3n) is 5.89. The maximum atomic E-state index is 13.5. The van der Waals surface area contributed by atoms with Crippen molar-refractivity contribution in [2.24, 2.45) is 0 Å². The van der Waals surface area contributed by atoms with E-state index < -0.39 is 0 Å². The lowest BCUT2D eigenvalue weighted by atomic mass is 10.0. The second-order valence-electron chi connectivity index (χ2n) is 8.42. The van der Waals surface area contributed by atoms with Gasteiger partial charge in [0.15, 0.2) is 0 Å². The van der Waals surface area contributed by atoms with E-state index in [0.29, 0.717) is 54.1 Å². The molecule has 35 heavy (non-hydrogen) atoms. The lowest BCUT2D eigenvalue weighted by Crippen LogP contribution is -2.46. The molecule has 1 unspecified atom stereocenters. The summed E-state index contributed by atoms with van der Waals surface area (Å²) < 4.78 is 13.5. The number of hydrogen-bond acceptors (Lipinski definition) is 5. The van der Waals surface area contributed by atoms with Crippen LogP contribution in [-0.4, -0.2) is 35.9 Å². The predicted molar refractivity (Wildman–Crippen MR) is 131 cm³/mol. The molecule has 178 valence electrons. The number of benzene rings is 2. The Morgan fingerprint density at radius 2 is 2.03 bits per heavy atom. The Morgan fingerprint density at radius 3 is 2.83 bits per heavy atom. The van der Waals surface area contributed by atoms with E-state index in [-0.39, 0.29) is 23.7 Å². The van der Waals surface area contributed by atoms with Gasteiger partial charge in [0.05, 0.1) is 22.9 Å².